The van der Waals surface area contributed by atoms with Gasteiger partial charge in [0.25, 0.3) is 0 Å². The molecule has 21 heavy (non-hydrogen) atoms. The Kier molecular flexibility index (Phi) is 3.79. The molecule has 0 aliphatic rings. The SMILES string of the molecule is Fc1cnc(Cl)nc1Nc1ccc(-c2ccccc2)cc1. The molecule has 0 saturated heterocycles. The fraction of sp³-hybridized carbons (Fsp3) is 0. The lowest BCUT2D eigenvalue weighted by Gasteiger charge is -2.08. The lowest BCUT2D eigenvalue weighted by atomic mass is 10.1. The molecule has 3 rings (SSSR count). The summed E-state index contributed by atoms with van der Waals surface area (Å²) in [7, 11) is 0. The highest BCUT2D eigenvalue weighted by Crippen LogP contribution is 2.23. The Labute approximate surface area is 126 Å². The Morgan fingerprint density at radius 1 is 0.905 bits per heavy atom. The van der Waals surface area contributed by atoms with E-state index < -0.39 is 5.82 Å². The predicted molar refractivity (Wildman–Crippen MR) is 82.2 cm³/mol. The number of hydrogen-bond acceptors (Lipinski definition) is 3. The largest absolute Gasteiger partial charge is 0.338 e. The number of benzene rings is 2. The summed E-state index contributed by atoms with van der Waals surface area (Å²) in [5.74, 6) is -0.492. The Bertz CT molecular complexity index is 745. The van der Waals surface area contributed by atoms with Gasteiger partial charge in [-0.1, -0.05) is 42.5 Å². The second-order valence-corrected chi connectivity index (χ2v) is 4.74. The summed E-state index contributed by atoms with van der Waals surface area (Å²) in [4.78, 5) is 7.39. The first-order valence-electron chi connectivity index (χ1n) is 6.33. The van der Waals surface area contributed by atoms with Gasteiger partial charge in [-0.25, -0.2) is 9.37 Å². The van der Waals surface area contributed by atoms with Crippen LogP contribution < -0.4 is 5.32 Å². The van der Waals surface area contributed by atoms with Crippen molar-refractivity contribution in [1.29, 1.82) is 0 Å². The number of nitrogens with one attached hydrogen (secondary N) is 1. The summed E-state index contributed by atoms with van der Waals surface area (Å²) in [6.45, 7) is 0. The Balaban J connectivity index is 1.83. The molecule has 0 bridgehead atoms. The second kappa shape index (κ2) is 5.89. The van der Waals surface area contributed by atoms with E-state index in [2.05, 4.69) is 15.3 Å². The molecular formula is C16H11ClFN3. The molecule has 0 saturated carbocycles. The molecule has 2 aromatic carbocycles. The summed E-state index contributed by atoms with van der Waals surface area (Å²) in [5.41, 5.74) is 2.94. The molecule has 1 heterocycles. The lowest BCUT2D eigenvalue weighted by molar-refractivity contribution is 0.619. The molecule has 0 fully saturated rings. The van der Waals surface area contributed by atoms with Crippen LogP contribution in [0, 0.1) is 5.82 Å². The normalized spacial score (nSPS) is 10.4. The number of anilines is 2. The Morgan fingerprint density at radius 2 is 1.57 bits per heavy atom. The minimum absolute atomic E-state index is 0.000180. The average molecular weight is 300 g/mol. The fourth-order valence-electron chi connectivity index (χ4n) is 1.95. The number of aromatic nitrogens is 2. The molecule has 1 N–H and O–H groups in total. The van der Waals surface area contributed by atoms with Gasteiger partial charge in [-0.3, -0.25) is 0 Å². The van der Waals surface area contributed by atoms with Gasteiger partial charge < -0.3 is 5.32 Å². The third-order valence-electron chi connectivity index (χ3n) is 2.97. The maximum Gasteiger partial charge on any atom is 0.224 e. The van der Waals surface area contributed by atoms with Crippen molar-refractivity contribution in [2.45, 2.75) is 0 Å². The van der Waals surface area contributed by atoms with E-state index in [-0.39, 0.29) is 11.1 Å². The molecule has 5 heteroatoms. The van der Waals surface area contributed by atoms with Gasteiger partial charge in [0, 0.05) is 5.69 Å². The van der Waals surface area contributed by atoms with Crippen LogP contribution in [-0.2, 0) is 0 Å². The van der Waals surface area contributed by atoms with Crippen molar-refractivity contribution in [3.8, 4) is 11.1 Å². The molecular weight excluding hydrogens is 289 g/mol. The quantitative estimate of drug-likeness (QED) is 0.714. The number of halogens is 2. The van der Waals surface area contributed by atoms with Crippen LogP contribution in [0.25, 0.3) is 11.1 Å². The number of nitrogens with zero attached hydrogens (tertiary/aromatic N) is 2. The molecule has 1 aromatic heterocycles. The molecule has 0 radical (unpaired) electrons. The zero-order valence-corrected chi connectivity index (χ0v) is 11.7. The van der Waals surface area contributed by atoms with E-state index in [9.17, 15) is 4.39 Å². The highest BCUT2D eigenvalue weighted by molar-refractivity contribution is 6.28. The van der Waals surface area contributed by atoms with Gasteiger partial charge in [0.15, 0.2) is 11.6 Å². The van der Waals surface area contributed by atoms with E-state index in [1.165, 1.54) is 0 Å². The van der Waals surface area contributed by atoms with E-state index in [1.807, 2.05) is 54.6 Å². The summed E-state index contributed by atoms with van der Waals surface area (Å²) >= 11 is 5.66. The molecule has 3 aromatic rings. The van der Waals surface area contributed by atoms with Crippen molar-refractivity contribution in [1.82, 2.24) is 9.97 Å². The van der Waals surface area contributed by atoms with Gasteiger partial charge in [-0.15, -0.1) is 0 Å². The fourth-order valence-corrected chi connectivity index (χ4v) is 2.08. The minimum Gasteiger partial charge on any atom is -0.338 e. The summed E-state index contributed by atoms with van der Waals surface area (Å²) in [6, 6.07) is 17.6. The van der Waals surface area contributed by atoms with Crippen molar-refractivity contribution in [3.63, 3.8) is 0 Å². The molecule has 0 spiro atoms. The van der Waals surface area contributed by atoms with E-state index in [1.54, 1.807) is 0 Å². The monoisotopic (exact) mass is 299 g/mol. The van der Waals surface area contributed by atoms with Gasteiger partial charge in [-0.05, 0) is 34.9 Å². The maximum absolute atomic E-state index is 13.6. The first-order valence-corrected chi connectivity index (χ1v) is 6.71. The molecule has 0 aliphatic heterocycles. The first kappa shape index (κ1) is 13.5. The summed E-state index contributed by atoms with van der Waals surface area (Å²) in [5, 5.41) is 2.88. The van der Waals surface area contributed by atoms with Crippen molar-refractivity contribution in [3.05, 3.63) is 71.9 Å². The molecule has 0 amide bonds. The van der Waals surface area contributed by atoms with Crippen molar-refractivity contribution in [2.75, 3.05) is 5.32 Å². The molecule has 0 atom stereocenters. The average Bonchev–Trinajstić information content (AvgIpc) is 2.53. The minimum atomic E-state index is -0.550. The zero-order valence-electron chi connectivity index (χ0n) is 10.9. The lowest BCUT2D eigenvalue weighted by Crippen LogP contribution is -1.98. The van der Waals surface area contributed by atoms with Crippen LogP contribution in [-0.4, -0.2) is 9.97 Å². The van der Waals surface area contributed by atoms with Crippen LogP contribution in [0.1, 0.15) is 0 Å². The van der Waals surface area contributed by atoms with E-state index in [0.29, 0.717) is 0 Å². The summed E-state index contributed by atoms with van der Waals surface area (Å²) < 4.78 is 13.6. The van der Waals surface area contributed by atoms with Crippen LogP contribution in [0.15, 0.2) is 60.8 Å². The smallest absolute Gasteiger partial charge is 0.224 e. The van der Waals surface area contributed by atoms with Crippen molar-refractivity contribution >= 4 is 23.1 Å². The molecule has 3 nitrogen and oxygen atoms in total. The van der Waals surface area contributed by atoms with Crippen LogP contribution in [0.4, 0.5) is 15.9 Å². The standard InChI is InChI=1S/C16H11ClFN3/c17-16-19-10-14(18)15(21-16)20-13-8-6-12(7-9-13)11-4-2-1-3-5-11/h1-10H,(H,19,20,21). The number of hydrogen-bond donors (Lipinski definition) is 1. The molecule has 0 aliphatic carbocycles. The first-order chi connectivity index (χ1) is 10.2. The van der Waals surface area contributed by atoms with Crippen LogP contribution >= 0.6 is 11.6 Å². The van der Waals surface area contributed by atoms with Gasteiger partial charge >= 0.3 is 0 Å². The topological polar surface area (TPSA) is 37.8 Å². The van der Waals surface area contributed by atoms with Crippen LogP contribution in [0.3, 0.4) is 0 Å². The third kappa shape index (κ3) is 3.17. The molecule has 104 valence electrons. The highest BCUT2D eigenvalue weighted by atomic mass is 35.5. The Morgan fingerprint density at radius 3 is 2.29 bits per heavy atom. The second-order valence-electron chi connectivity index (χ2n) is 4.40. The van der Waals surface area contributed by atoms with Crippen LogP contribution in [0.5, 0.6) is 0 Å². The van der Waals surface area contributed by atoms with E-state index >= 15 is 0 Å². The molecule has 0 unspecified atom stereocenters. The maximum atomic E-state index is 13.6. The third-order valence-corrected chi connectivity index (χ3v) is 3.15. The van der Waals surface area contributed by atoms with E-state index in [0.717, 1.165) is 23.0 Å². The van der Waals surface area contributed by atoms with Gasteiger partial charge in [0.2, 0.25) is 5.28 Å². The zero-order chi connectivity index (χ0) is 14.7. The van der Waals surface area contributed by atoms with E-state index in [4.69, 9.17) is 11.6 Å². The van der Waals surface area contributed by atoms with Gasteiger partial charge in [-0.2, -0.15) is 4.98 Å². The Hall–Kier alpha value is -2.46. The number of rotatable bonds is 3. The highest BCUT2D eigenvalue weighted by Gasteiger charge is 2.06. The van der Waals surface area contributed by atoms with Crippen molar-refractivity contribution in [2.24, 2.45) is 0 Å². The van der Waals surface area contributed by atoms with Gasteiger partial charge in [0.1, 0.15) is 0 Å². The van der Waals surface area contributed by atoms with Crippen molar-refractivity contribution < 1.29 is 4.39 Å². The summed E-state index contributed by atoms with van der Waals surface area (Å²) in [6.07, 6.45) is 1.04. The van der Waals surface area contributed by atoms with Gasteiger partial charge in [0.05, 0.1) is 6.20 Å². The predicted octanol–water partition coefficient (Wildman–Crippen LogP) is 4.68. The van der Waals surface area contributed by atoms with Crippen LogP contribution in [0.2, 0.25) is 5.28 Å².